The number of aliphatic imine (C=N–C) groups is 1. The molecule has 0 aliphatic carbocycles. The molecule has 1 aromatic heterocycles. The number of aromatic nitrogens is 1. The first kappa shape index (κ1) is 19.9. The first-order valence-electron chi connectivity index (χ1n) is 9.34. The summed E-state index contributed by atoms with van der Waals surface area (Å²) in [5, 5.41) is 7.82. The second-order valence-corrected chi connectivity index (χ2v) is 7.71. The van der Waals surface area contributed by atoms with Gasteiger partial charge in [-0.25, -0.2) is 4.98 Å². The molecule has 0 saturated heterocycles. The van der Waals surface area contributed by atoms with Crippen molar-refractivity contribution >= 4 is 17.3 Å². The van der Waals surface area contributed by atoms with Crippen molar-refractivity contribution in [2.24, 2.45) is 4.99 Å². The van der Waals surface area contributed by atoms with Crippen LogP contribution < -0.4 is 15.4 Å². The molecule has 28 heavy (non-hydrogen) atoms. The van der Waals surface area contributed by atoms with Crippen LogP contribution in [0, 0.1) is 6.92 Å². The van der Waals surface area contributed by atoms with Gasteiger partial charge in [-0.2, -0.15) is 0 Å². The number of aryl methyl sites for hydroxylation is 1. The van der Waals surface area contributed by atoms with E-state index in [1.165, 1.54) is 4.88 Å². The zero-order chi connectivity index (χ0) is 19.6. The summed E-state index contributed by atoms with van der Waals surface area (Å²) in [6.45, 7) is 4.12. The Morgan fingerprint density at radius 3 is 2.64 bits per heavy atom. The molecule has 0 aliphatic rings. The SMILES string of the molecule is CN=C(NCCc1ncc(C)s1)NCc1cccc(OCc2ccccc2)c1. The average molecular weight is 395 g/mol. The van der Waals surface area contributed by atoms with Crippen molar-refractivity contribution in [2.75, 3.05) is 13.6 Å². The summed E-state index contributed by atoms with van der Waals surface area (Å²) < 4.78 is 5.90. The fourth-order valence-electron chi connectivity index (χ4n) is 2.70. The van der Waals surface area contributed by atoms with E-state index >= 15 is 0 Å². The molecule has 0 saturated carbocycles. The van der Waals surface area contributed by atoms with E-state index in [1.807, 2.05) is 36.5 Å². The van der Waals surface area contributed by atoms with Crippen LogP contribution in [-0.4, -0.2) is 24.5 Å². The minimum Gasteiger partial charge on any atom is -0.489 e. The third-order valence-electron chi connectivity index (χ3n) is 4.13. The summed E-state index contributed by atoms with van der Waals surface area (Å²) in [6, 6.07) is 18.3. The predicted octanol–water partition coefficient (Wildman–Crippen LogP) is 3.94. The standard InChI is InChI=1S/C22H26N4OS/c1-17-14-25-21(28-17)11-12-24-22(23-2)26-15-19-9-6-10-20(13-19)27-16-18-7-4-3-5-8-18/h3-10,13-14H,11-12,15-16H2,1-2H3,(H2,23,24,26). The van der Waals surface area contributed by atoms with Gasteiger partial charge in [0.05, 0.1) is 5.01 Å². The van der Waals surface area contributed by atoms with Gasteiger partial charge >= 0.3 is 0 Å². The smallest absolute Gasteiger partial charge is 0.191 e. The lowest BCUT2D eigenvalue weighted by molar-refractivity contribution is 0.306. The Morgan fingerprint density at radius 2 is 1.89 bits per heavy atom. The molecule has 2 aromatic carbocycles. The summed E-state index contributed by atoms with van der Waals surface area (Å²) in [5.74, 6) is 1.65. The Balaban J connectivity index is 1.44. The number of thiazole rings is 1. The maximum absolute atomic E-state index is 5.90. The molecule has 1 heterocycles. The van der Waals surface area contributed by atoms with E-state index in [2.05, 4.69) is 51.8 Å². The highest BCUT2D eigenvalue weighted by molar-refractivity contribution is 7.11. The Morgan fingerprint density at radius 1 is 1.07 bits per heavy atom. The van der Waals surface area contributed by atoms with Crippen molar-refractivity contribution in [3.05, 3.63) is 81.8 Å². The molecule has 0 radical (unpaired) electrons. The number of guanidine groups is 1. The lowest BCUT2D eigenvalue weighted by Crippen LogP contribution is -2.37. The van der Waals surface area contributed by atoms with Gasteiger partial charge in [0, 0.05) is 37.6 Å². The maximum atomic E-state index is 5.90. The van der Waals surface area contributed by atoms with Crippen LogP contribution in [0.5, 0.6) is 5.75 Å². The zero-order valence-corrected chi connectivity index (χ0v) is 17.1. The first-order valence-corrected chi connectivity index (χ1v) is 10.2. The second kappa shape index (κ2) is 10.5. The molecular formula is C22H26N4OS. The van der Waals surface area contributed by atoms with E-state index in [9.17, 15) is 0 Å². The van der Waals surface area contributed by atoms with Gasteiger partial charge in [0.25, 0.3) is 0 Å². The van der Waals surface area contributed by atoms with E-state index in [1.54, 1.807) is 18.4 Å². The maximum Gasteiger partial charge on any atom is 0.191 e. The Hall–Kier alpha value is -2.86. The van der Waals surface area contributed by atoms with E-state index in [4.69, 9.17) is 4.74 Å². The molecular weight excluding hydrogens is 368 g/mol. The van der Waals surface area contributed by atoms with E-state index in [0.717, 1.165) is 40.8 Å². The van der Waals surface area contributed by atoms with Crippen LogP contribution in [0.1, 0.15) is 21.0 Å². The van der Waals surface area contributed by atoms with Gasteiger partial charge in [0.1, 0.15) is 12.4 Å². The minimum absolute atomic E-state index is 0.567. The fourth-order valence-corrected chi connectivity index (χ4v) is 3.48. The third kappa shape index (κ3) is 6.39. The van der Waals surface area contributed by atoms with E-state index in [0.29, 0.717) is 13.2 Å². The molecule has 0 bridgehead atoms. The quantitative estimate of drug-likeness (QED) is 0.449. The summed E-state index contributed by atoms with van der Waals surface area (Å²) in [6.07, 6.45) is 2.81. The number of hydrogen-bond donors (Lipinski definition) is 2. The van der Waals surface area contributed by atoms with Gasteiger partial charge < -0.3 is 15.4 Å². The highest BCUT2D eigenvalue weighted by Gasteiger charge is 2.03. The van der Waals surface area contributed by atoms with Crippen molar-refractivity contribution in [1.29, 1.82) is 0 Å². The van der Waals surface area contributed by atoms with Gasteiger partial charge in [0.15, 0.2) is 5.96 Å². The molecule has 146 valence electrons. The fraction of sp³-hybridized carbons (Fsp3) is 0.273. The predicted molar refractivity (Wildman–Crippen MR) is 116 cm³/mol. The summed E-state index contributed by atoms with van der Waals surface area (Å²) in [5.41, 5.74) is 2.30. The topological polar surface area (TPSA) is 58.5 Å². The lowest BCUT2D eigenvalue weighted by Gasteiger charge is -2.12. The van der Waals surface area contributed by atoms with Crippen LogP contribution in [-0.2, 0) is 19.6 Å². The summed E-state index contributed by atoms with van der Waals surface area (Å²) >= 11 is 1.74. The van der Waals surface area contributed by atoms with Crippen molar-refractivity contribution in [1.82, 2.24) is 15.6 Å². The zero-order valence-electron chi connectivity index (χ0n) is 16.3. The molecule has 5 nitrogen and oxygen atoms in total. The van der Waals surface area contributed by atoms with Gasteiger partial charge in [-0.15, -0.1) is 11.3 Å². The van der Waals surface area contributed by atoms with Crippen LogP contribution in [0.15, 0.2) is 65.8 Å². The monoisotopic (exact) mass is 394 g/mol. The van der Waals surface area contributed by atoms with Crippen molar-refractivity contribution < 1.29 is 4.74 Å². The largest absolute Gasteiger partial charge is 0.489 e. The van der Waals surface area contributed by atoms with Crippen molar-refractivity contribution in [3.8, 4) is 5.75 Å². The number of benzene rings is 2. The van der Waals surface area contributed by atoms with Crippen LogP contribution in [0.25, 0.3) is 0 Å². The van der Waals surface area contributed by atoms with Crippen molar-refractivity contribution in [2.45, 2.75) is 26.5 Å². The molecule has 3 rings (SSSR count). The van der Waals surface area contributed by atoms with E-state index in [-0.39, 0.29) is 0 Å². The molecule has 0 amide bonds. The number of nitrogens with one attached hydrogen (secondary N) is 2. The highest BCUT2D eigenvalue weighted by atomic mass is 32.1. The van der Waals surface area contributed by atoms with Gasteiger partial charge in [-0.05, 0) is 30.2 Å². The van der Waals surface area contributed by atoms with Crippen LogP contribution >= 0.6 is 11.3 Å². The van der Waals surface area contributed by atoms with Crippen LogP contribution in [0.3, 0.4) is 0 Å². The van der Waals surface area contributed by atoms with Gasteiger partial charge in [-0.1, -0.05) is 42.5 Å². The van der Waals surface area contributed by atoms with E-state index < -0.39 is 0 Å². The molecule has 6 heteroatoms. The van der Waals surface area contributed by atoms with Gasteiger partial charge in [0.2, 0.25) is 0 Å². The van der Waals surface area contributed by atoms with Crippen LogP contribution in [0.2, 0.25) is 0 Å². The molecule has 0 unspecified atom stereocenters. The number of nitrogens with zero attached hydrogens (tertiary/aromatic N) is 2. The number of hydrogen-bond acceptors (Lipinski definition) is 4. The lowest BCUT2D eigenvalue weighted by atomic mass is 10.2. The second-order valence-electron chi connectivity index (χ2n) is 6.39. The molecule has 0 fully saturated rings. The molecule has 0 atom stereocenters. The minimum atomic E-state index is 0.567. The highest BCUT2D eigenvalue weighted by Crippen LogP contribution is 2.15. The van der Waals surface area contributed by atoms with Crippen molar-refractivity contribution in [3.63, 3.8) is 0 Å². The van der Waals surface area contributed by atoms with Crippen LogP contribution in [0.4, 0.5) is 0 Å². The molecule has 0 spiro atoms. The number of ether oxygens (including phenoxy) is 1. The molecule has 3 aromatic rings. The summed E-state index contributed by atoms with van der Waals surface area (Å²) in [7, 11) is 1.78. The molecule has 0 aliphatic heterocycles. The Kier molecular flexibility index (Phi) is 7.44. The Bertz CT molecular complexity index is 892. The Labute approximate surface area is 170 Å². The van der Waals surface area contributed by atoms with Gasteiger partial charge in [-0.3, -0.25) is 4.99 Å². The number of rotatable bonds is 8. The third-order valence-corrected chi connectivity index (χ3v) is 5.10. The average Bonchev–Trinajstić information content (AvgIpc) is 3.15. The first-order chi connectivity index (χ1) is 13.7. The summed E-state index contributed by atoms with van der Waals surface area (Å²) in [4.78, 5) is 9.91. The normalized spacial score (nSPS) is 11.3. The molecule has 2 N–H and O–H groups in total.